The zero-order chi connectivity index (χ0) is 107. The third kappa shape index (κ3) is 24.5. The Bertz CT molecular complexity index is 6440. The van der Waals surface area contributed by atoms with Gasteiger partial charge in [-0.05, 0) is 160 Å². The zero-order valence-corrected chi connectivity index (χ0v) is 84.5. The maximum absolute atomic E-state index is 15.6. The van der Waals surface area contributed by atoms with E-state index in [2.05, 4.69) is 67.2 Å². The van der Waals surface area contributed by atoms with Crippen molar-refractivity contribution in [1.29, 1.82) is 0 Å². The number of hydrogen-bond acceptors (Lipinski definition) is 14. The van der Waals surface area contributed by atoms with E-state index in [1.807, 2.05) is 24.3 Å². The van der Waals surface area contributed by atoms with Gasteiger partial charge in [0, 0.05) is 246 Å². The minimum Gasteiger partial charge on any atom is -0.492 e. The maximum Gasteiger partial charge on any atom is 0.401 e. The van der Waals surface area contributed by atoms with Gasteiger partial charge in [-0.3, -0.25) is 39.2 Å². The van der Waals surface area contributed by atoms with Crippen LogP contribution in [0, 0.1) is 87.7 Å². The average Bonchev–Trinajstić information content (AvgIpc) is 1.55. The molecule has 0 bridgehead atoms. The molecule has 8 aliphatic rings. The van der Waals surface area contributed by atoms with E-state index in [0.29, 0.717) is 129 Å². The van der Waals surface area contributed by atoms with Crippen LogP contribution in [0.25, 0.3) is 43.6 Å². The van der Waals surface area contributed by atoms with Crippen LogP contribution in [0.2, 0.25) is 0 Å². The number of likely N-dealkylation sites (tertiary alicyclic amines) is 4. The summed E-state index contributed by atoms with van der Waals surface area (Å²) < 4.78 is 327. The number of rotatable bonds is 33. The van der Waals surface area contributed by atoms with Gasteiger partial charge < -0.3 is 49.1 Å². The van der Waals surface area contributed by atoms with Gasteiger partial charge in [-0.1, -0.05) is 71.6 Å². The Kier molecular flexibility index (Phi) is 33.8. The van der Waals surface area contributed by atoms with Crippen molar-refractivity contribution < 1.29 is 121 Å². The SMILES string of the molecule is CCC1CN(CCOc2cc(F)c([C@@H]3c4[nH]c5ccc(F)cc5c4C[C@@H](C)N3CC(F)(F)CO)c(F)c2)C1.CCC1CN(CCOc2cc(F)c([C@@H]3c4[nH]c5ccc(F)cc5c4C[C@@H](C)N3CC(F)(F)F)c(F)c2)C1.CCC1CN(CCOc2cc(F)c([C@@H]3c4[nH]c5ccccc5c4C[C@@H](C)N3CCC(F)(F)F)c(F)c2)C1.CCC1CN(CCOc2cc(F)c([C@H]3c4[nH]c5ccc(F)cc5c4C[C@H](C)N3CC(F)(F)CO)c(F)c2)C1. The summed E-state index contributed by atoms with van der Waals surface area (Å²) in [5.74, 6) is -13.0. The summed E-state index contributed by atoms with van der Waals surface area (Å²) >= 11 is 0. The first-order valence-electron chi connectivity index (χ1n) is 51.4. The molecule has 812 valence electrons. The molecule has 18 nitrogen and oxygen atoms in total. The third-order valence-electron chi connectivity index (χ3n) is 31.0. The summed E-state index contributed by atoms with van der Waals surface area (Å²) in [5, 5.41) is 21.0. The van der Waals surface area contributed by atoms with Crippen LogP contribution in [0.1, 0.15) is 179 Å². The monoisotopic (exact) mass is 2120 g/mol. The Balaban J connectivity index is 0.000000136. The quantitative estimate of drug-likeness (QED) is 0.0215. The summed E-state index contributed by atoms with van der Waals surface area (Å²) in [6, 6.07) is 21.3. The number of aliphatic hydroxyl groups excluding tert-OH is 2. The van der Waals surface area contributed by atoms with Crippen molar-refractivity contribution in [2.45, 2.75) is 186 Å². The van der Waals surface area contributed by atoms with Crippen molar-refractivity contribution in [2.75, 3.05) is 144 Å². The van der Waals surface area contributed by atoms with E-state index < -0.39 is 186 Å². The first-order valence-corrected chi connectivity index (χ1v) is 51.4. The molecule has 39 heteroatoms. The topological polar surface area (TPSA) is 166 Å². The molecule has 0 aliphatic carbocycles. The molecule has 20 rings (SSSR count). The number of ether oxygens (including phenoxy) is 4. The highest BCUT2D eigenvalue weighted by atomic mass is 19.4. The predicted molar refractivity (Wildman–Crippen MR) is 529 cm³/mol. The number of hydrogen-bond donors (Lipinski definition) is 6. The van der Waals surface area contributed by atoms with E-state index in [0.717, 1.165) is 148 Å². The summed E-state index contributed by atoms with van der Waals surface area (Å²) in [7, 11) is 0. The fourth-order valence-electron chi connectivity index (χ4n) is 22.8. The van der Waals surface area contributed by atoms with Crippen molar-refractivity contribution in [3.8, 4) is 23.0 Å². The molecule has 4 fully saturated rings. The van der Waals surface area contributed by atoms with Crippen molar-refractivity contribution >= 4 is 43.6 Å². The van der Waals surface area contributed by atoms with Crippen molar-refractivity contribution in [1.82, 2.24) is 59.1 Å². The molecular weight excluding hydrogens is 2000 g/mol. The van der Waals surface area contributed by atoms with Crippen LogP contribution < -0.4 is 18.9 Å². The Hall–Kier alpha value is -10.8. The highest BCUT2D eigenvalue weighted by Gasteiger charge is 2.50. The van der Waals surface area contributed by atoms with Gasteiger partial charge in [0.1, 0.15) is 127 Å². The molecule has 0 spiro atoms. The van der Waals surface area contributed by atoms with E-state index in [1.165, 1.54) is 64.4 Å². The normalized spacial score (nSPS) is 21.2. The molecule has 0 amide bonds. The largest absolute Gasteiger partial charge is 0.492 e. The molecule has 4 saturated heterocycles. The van der Waals surface area contributed by atoms with Gasteiger partial charge >= 0.3 is 12.4 Å². The molecular formula is C111H125F21N12O6. The molecule has 12 aromatic rings. The molecule has 0 radical (unpaired) electrons. The van der Waals surface area contributed by atoms with Gasteiger partial charge in [0.25, 0.3) is 11.8 Å². The first kappa shape index (κ1) is 110. The van der Waals surface area contributed by atoms with E-state index in [4.69, 9.17) is 18.9 Å². The summed E-state index contributed by atoms with van der Waals surface area (Å²) in [6.45, 7) is 20.4. The molecule has 0 unspecified atom stereocenters. The number of nitrogens with zero attached hydrogens (tertiary/aromatic N) is 8. The van der Waals surface area contributed by atoms with Gasteiger partial charge in [-0.25, -0.2) is 65.9 Å². The van der Waals surface area contributed by atoms with Crippen molar-refractivity contribution in [3.63, 3.8) is 0 Å². The number of benzene rings is 8. The van der Waals surface area contributed by atoms with Crippen LogP contribution >= 0.6 is 0 Å². The molecule has 0 saturated carbocycles. The first-order chi connectivity index (χ1) is 71.4. The minimum atomic E-state index is -4.59. The molecule has 8 aromatic carbocycles. The minimum absolute atomic E-state index is 0.0171. The molecule has 8 aliphatic heterocycles. The summed E-state index contributed by atoms with van der Waals surface area (Å²) in [5.41, 5.74) is 4.93. The Morgan fingerprint density at radius 3 is 0.807 bits per heavy atom. The average molecular weight is 2120 g/mol. The lowest BCUT2D eigenvalue weighted by Crippen LogP contribution is -2.49. The van der Waals surface area contributed by atoms with Gasteiger partial charge in [0.05, 0.1) is 50.2 Å². The fraction of sp³-hybridized carbons (Fsp3) is 0.495. The molecule has 12 heterocycles. The second-order valence-electron chi connectivity index (χ2n) is 41.5. The Labute approximate surface area is 855 Å². The van der Waals surface area contributed by atoms with Crippen LogP contribution in [-0.2, 0) is 25.7 Å². The van der Waals surface area contributed by atoms with Gasteiger partial charge in [-0.15, -0.1) is 0 Å². The second kappa shape index (κ2) is 45.9. The van der Waals surface area contributed by atoms with Crippen LogP contribution in [0.4, 0.5) is 92.2 Å². The Morgan fingerprint density at radius 1 is 0.300 bits per heavy atom. The van der Waals surface area contributed by atoms with E-state index in [9.17, 15) is 67.3 Å². The Morgan fingerprint density at radius 2 is 0.547 bits per heavy atom. The van der Waals surface area contributed by atoms with Crippen LogP contribution in [-0.4, -0.2) is 262 Å². The number of para-hydroxylation sites is 1. The highest BCUT2D eigenvalue weighted by Crippen LogP contribution is 2.51. The maximum atomic E-state index is 15.6. The van der Waals surface area contributed by atoms with Crippen LogP contribution in [0.3, 0.4) is 0 Å². The lowest BCUT2D eigenvalue weighted by atomic mass is 9.87. The predicted octanol–water partition coefficient (Wildman–Crippen LogP) is 23.2. The molecule has 6 N–H and O–H groups in total. The van der Waals surface area contributed by atoms with Crippen molar-refractivity contribution in [3.05, 3.63) is 259 Å². The number of aliphatic hydroxyl groups is 2. The van der Waals surface area contributed by atoms with Gasteiger partial charge in [0.15, 0.2) is 0 Å². The molecule has 4 aromatic heterocycles. The summed E-state index contributed by atoms with van der Waals surface area (Å²) in [4.78, 5) is 26.5. The third-order valence-corrected chi connectivity index (χ3v) is 31.0. The standard InChI is InChI=1S/2C28H32F5N3O2.C28H32F5N3O.C27H29F6N3O/c2*1-3-17-12-35(13-17)6-7-38-19-10-22(30)25(23(31)11-19)27-26-21(20-9-18(29)4-5-24(20)34-26)8-16(2)36(27)14-28(32,33)15-37;1-3-18-15-35(16-18)10-11-37-19-13-22(29)25(23(30)14-19)27-26-21(20-6-4-5-7-24(20)34-26)12-17(2)36(27)9-8-28(31,32)33;1-3-16-12-35(13-16)6-7-37-18-10-21(29)24(22(30)11-18)26-25-20(8-15(2)36(26)14-27(31,32)33)19-9-17(28)4-5-23(19)34-25/h2*4-5,9-11,16-17,27,34,37H,3,6-8,12-15H2,1-2H3;4-7,13-14,17-18,27,34H,3,8-12,15-16H2,1-2H3;4-5,9-11,15-16,26,34H,3,6-8,12-14H2,1-2H3/t2*16-,27-;17-,27-;15-,26-/m1011/s1. The lowest BCUT2D eigenvalue weighted by molar-refractivity contribution is -0.155. The number of halogens is 21. The van der Waals surface area contributed by atoms with Crippen LogP contribution in [0.15, 0.2) is 127 Å². The van der Waals surface area contributed by atoms with Gasteiger partial charge in [0.2, 0.25) is 0 Å². The van der Waals surface area contributed by atoms with E-state index in [-0.39, 0.29) is 85.9 Å². The summed E-state index contributed by atoms with van der Waals surface area (Å²) in [6.07, 6.45) is -4.40. The van der Waals surface area contributed by atoms with Crippen molar-refractivity contribution in [2.24, 2.45) is 23.7 Å². The van der Waals surface area contributed by atoms with Gasteiger partial charge in [-0.2, -0.15) is 26.3 Å². The highest BCUT2D eigenvalue weighted by molar-refractivity contribution is 5.88. The fourth-order valence-corrected chi connectivity index (χ4v) is 22.8. The number of H-pyrrole nitrogens is 4. The number of fused-ring (bicyclic) bond motifs is 12. The number of aromatic amines is 4. The zero-order valence-electron chi connectivity index (χ0n) is 84.5. The van der Waals surface area contributed by atoms with E-state index >= 15 is 35.1 Å². The smallest absolute Gasteiger partial charge is 0.401 e. The number of nitrogens with one attached hydrogen (secondary N) is 4. The number of aromatic nitrogens is 4. The van der Waals surface area contributed by atoms with Crippen LogP contribution in [0.5, 0.6) is 23.0 Å². The second-order valence-corrected chi connectivity index (χ2v) is 41.5. The molecule has 150 heavy (non-hydrogen) atoms. The molecule has 8 atom stereocenters. The lowest BCUT2D eigenvalue weighted by Gasteiger charge is -2.42. The van der Waals surface area contributed by atoms with E-state index in [1.54, 1.807) is 32.6 Å². The number of alkyl halides is 10.